The van der Waals surface area contributed by atoms with Gasteiger partial charge in [0.1, 0.15) is 17.3 Å². The average molecular weight is 459 g/mol. The summed E-state index contributed by atoms with van der Waals surface area (Å²) < 4.78 is 17.7. The van der Waals surface area contributed by atoms with Gasteiger partial charge in [-0.1, -0.05) is 11.8 Å². The smallest absolute Gasteiger partial charge is 0.251 e. The van der Waals surface area contributed by atoms with Crippen LogP contribution in [-0.4, -0.2) is 79.0 Å². The van der Waals surface area contributed by atoms with Crippen LogP contribution in [0.2, 0.25) is 0 Å². The van der Waals surface area contributed by atoms with Crippen LogP contribution in [-0.2, 0) is 11.3 Å². The molecule has 11 heteroatoms. The zero-order valence-electron chi connectivity index (χ0n) is 18.3. The lowest BCUT2D eigenvalue weighted by molar-refractivity contribution is 0.0951. The van der Waals surface area contributed by atoms with Gasteiger partial charge >= 0.3 is 0 Å². The molecule has 2 aromatic heterocycles. The maximum Gasteiger partial charge on any atom is 0.251 e. The maximum atomic E-state index is 12.6. The summed E-state index contributed by atoms with van der Waals surface area (Å²) in [5.41, 5.74) is 1.22. The summed E-state index contributed by atoms with van der Waals surface area (Å²) in [5.74, 6) is 1.78. The molecule has 0 atom stereocenters. The van der Waals surface area contributed by atoms with Gasteiger partial charge in [-0.3, -0.25) is 4.79 Å². The number of nitrogens with zero attached hydrogens (tertiary/aromatic N) is 5. The van der Waals surface area contributed by atoms with Crippen LogP contribution in [0.25, 0.3) is 11.0 Å². The summed E-state index contributed by atoms with van der Waals surface area (Å²) in [6, 6.07) is 5.07. The molecule has 0 unspecified atom stereocenters. The van der Waals surface area contributed by atoms with Gasteiger partial charge in [0, 0.05) is 31.3 Å². The van der Waals surface area contributed by atoms with Crippen molar-refractivity contribution in [1.29, 1.82) is 0 Å². The zero-order chi connectivity index (χ0) is 22.5. The first kappa shape index (κ1) is 22.2. The van der Waals surface area contributed by atoms with E-state index in [1.165, 1.54) is 11.8 Å². The van der Waals surface area contributed by atoms with Gasteiger partial charge in [0.15, 0.2) is 10.8 Å². The van der Waals surface area contributed by atoms with Crippen molar-refractivity contribution in [2.24, 2.45) is 0 Å². The largest absolute Gasteiger partial charge is 0.497 e. The van der Waals surface area contributed by atoms with Crippen LogP contribution in [0, 0.1) is 0 Å². The molecule has 1 aromatic carbocycles. The maximum absolute atomic E-state index is 12.6. The number of carbonyl (C=O) groups excluding carboxylic acids is 1. The molecule has 1 amide bonds. The Morgan fingerprint density at radius 1 is 1.16 bits per heavy atom. The molecule has 0 bridgehead atoms. The topological polar surface area (TPSA) is 104 Å². The monoisotopic (exact) mass is 458 g/mol. The van der Waals surface area contributed by atoms with Crippen LogP contribution in [0.3, 0.4) is 0 Å². The van der Waals surface area contributed by atoms with Crippen LogP contribution in [0.4, 0.5) is 5.82 Å². The number of hydrogen-bond donors (Lipinski definition) is 1. The van der Waals surface area contributed by atoms with Crippen LogP contribution < -0.4 is 19.7 Å². The van der Waals surface area contributed by atoms with Crippen molar-refractivity contribution in [3.05, 3.63) is 30.0 Å². The third kappa shape index (κ3) is 4.73. The van der Waals surface area contributed by atoms with Crippen molar-refractivity contribution in [3.8, 4) is 11.5 Å². The Labute approximate surface area is 190 Å². The summed E-state index contributed by atoms with van der Waals surface area (Å²) in [5, 5.41) is 9.02. The van der Waals surface area contributed by atoms with E-state index >= 15 is 0 Å². The van der Waals surface area contributed by atoms with Crippen molar-refractivity contribution in [1.82, 2.24) is 25.1 Å². The van der Waals surface area contributed by atoms with Crippen molar-refractivity contribution in [2.45, 2.75) is 11.7 Å². The molecule has 3 aromatic rings. The molecule has 170 valence electrons. The fraction of sp³-hybridized carbons (Fsp3) is 0.429. The van der Waals surface area contributed by atoms with E-state index in [1.807, 2.05) is 6.26 Å². The second kappa shape index (κ2) is 10.0. The summed E-state index contributed by atoms with van der Waals surface area (Å²) in [6.45, 7) is 3.78. The molecule has 32 heavy (non-hydrogen) atoms. The van der Waals surface area contributed by atoms with E-state index in [1.54, 1.807) is 43.3 Å². The number of aromatic nitrogens is 4. The van der Waals surface area contributed by atoms with Gasteiger partial charge in [-0.15, -0.1) is 0 Å². The third-order valence-corrected chi connectivity index (χ3v) is 5.72. The van der Waals surface area contributed by atoms with Gasteiger partial charge in [0.2, 0.25) is 0 Å². The quantitative estimate of drug-likeness (QED) is 0.400. The molecular formula is C21H26N6O4S. The molecule has 1 saturated heterocycles. The molecule has 3 heterocycles. The first-order chi connectivity index (χ1) is 15.6. The van der Waals surface area contributed by atoms with Crippen molar-refractivity contribution in [2.75, 3.05) is 58.2 Å². The minimum Gasteiger partial charge on any atom is -0.497 e. The summed E-state index contributed by atoms with van der Waals surface area (Å²) in [6.07, 6.45) is 3.74. The molecular weight excluding hydrogens is 432 g/mol. The SMILES string of the molecule is COc1cc(OC)cc(C(=O)NCCn2ncc3c(N4CCOCC4)nc(SC)nc32)c1. The number of fused-ring (bicyclic) bond motifs is 1. The van der Waals surface area contributed by atoms with E-state index < -0.39 is 0 Å². The fourth-order valence-corrected chi connectivity index (χ4v) is 3.86. The highest BCUT2D eigenvalue weighted by Crippen LogP contribution is 2.27. The number of thioether (sulfide) groups is 1. The van der Waals surface area contributed by atoms with Crippen molar-refractivity contribution < 1.29 is 19.0 Å². The molecule has 0 radical (unpaired) electrons. The van der Waals surface area contributed by atoms with Crippen LogP contribution in [0.1, 0.15) is 10.4 Å². The standard InChI is InChI=1S/C21H26N6O4S/c1-29-15-10-14(11-16(12-15)30-2)20(28)22-4-5-27-19-17(13-23-27)18(24-21(25-19)32-3)26-6-8-31-9-7-26/h10-13H,4-9H2,1-3H3,(H,22,28). The summed E-state index contributed by atoms with van der Waals surface area (Å²) in [4.78, 5) is 24.2. The molecule has 0 spiro atoms. The minimum atomic E-state index is -0.216. The first-order valence-corrected chi connectivity index (χ1v) is 11.5. The number of benzene rings is 1. The lowest BCUT2D eigenvalue weighted by Gasteiger charge is -2.28. The summed E-state index contributed by atoms with van der Waals surface area (Å²) >= 11 is 1.49. The lowest BCUT2D eigenvalue weighted by Crippen LogP contribution is -2.37. The van der Waals surface area contributed by atoms with E-state index in [0.717, 1.165) is 29.9 Å². The Morgan fingerprint density at radius 3 is 2.53 bits per heavy atom. The van der Waals surface area contributed by atoms with Gasteiger partial charge in [-0.05, 0) is 18.4 Å². The average Bonchev–Trinajstić information content (AvgIpc) is 3.26. The number of nitrogens with one attached hydrogen (secondary N) is 1. The second-order valence-electron chi connectivity index (χ2n) is 7.10. The summed E-state index contributed by atoms with van der Waals surface area (Å²) in [7, 11) is 3.10. The third-order valence-electron chi connectivity index (χ3n) is 5.17. The van der Waals surface area contributed by atoms with E-state index in [4.69, 9.17) is 19.2 Å². The lowest BCUT2D eigenvalue weighted by atomic mass is 10.2. The molecule has 10 nitrogen and oxygen atoms in total. The number of morpholine rings is 1. The van der Waals surface area contributed by atoms with Gasteiger partial charge in [-0.25, -0.2) is 14.6 Å². The Morgan fingerprint density at radius 2 is 1.88 bits per heavy atom. The predicted octanol–water partition coefficient (Wildman–Crippen LogP) is 1.83. The van der Waals surface area contributed by atoms with E-state index in [0.29, 0.717) is 48.5 Å². The Hall–Kier alpha value is -3.05. The molecule has 0 aliphatic carbocycles. The number of carbonyl (C=O) groups is 1. The number of ether oxygens (including phenoxy) is 3. The van der Waals surface area contributed by atoms with Crippen LogP contribution in [0.15, 0.2) is 29.6 Å². The molecule has 0 saturated carbocycles. The van der Waals surface area contributed by atoms with E-state index in [-0.39, 0.29) is 5.91 Å². The van der Waals surface area contributed by atoms with Crippen molar-refractivity contribution >= 4 is 34.5 Å². The molecule has 4 rings (SSSR count). The van der Waals surface area contributed by atoms with Crippen molar-refractivity contribution in [3.63, 3.8) is 0 Å². The number of anilines is 1. The highest BCUT2D eigenvalue weighted by Gasteiger charge is 2.20. The van der Waals surface area contributed by atoms with E-state index in [2.05, 4.69) is 20.3 Å². The first-order valence-electron chi connectivity index (χ1n) is 10.2. The number of amides is 1. The van der Waals surface area contributed by atoms with Crippen LogP contribution in [0.5, 0.6) is 11.5 Å². The Bertz CT molecular complexity index is 1080. The highest BCUT2D eigenvalue weighted by atomic mass is 32.2. The number of rotatable bonds is 8. The van der Waals surface area contributed by atoms with Crippen LogP contribution >= 0.6 is 11.8 Å². The van der Waals surface area contributed by atoms with Gasteiger partial charge in [0.05, 0.1) is 45.6 Å². The van der Waals surface area contributed by atoms with Gasteiger partial charge in [0.25, 0.3) is 5.91 Å². The Kier molecular flexibility index (Phi) is 6.96. The van der Waals surface area contributed by atoms with Gasteiger partial charge < -0.3 is 24.4 Å². The van der Waals surface area contributed by atoms with E-state index in [9.17, 15) is 4.79 Å². The number of methoxy groups -OCH3 is 2. The fourth-order valence-electron chi connectivity index (χ4n) is 3.51. The van der Waals surface area contributed by atoms with Gasteiger partial charge in [-0.2, -0.15) is 5.10 Å². The number of hydrogen-bond acceptors (Lipinski definition) is 9. The molecule has 1 N–H and O–H groups in total. The molecule has 1 aliphatic rings. The molecule has 1 fully saturated rings. The second-order valence-corrected chi connectivity index (χ2v) is 7.87. The Balaban J connectivity index is 1.49. The zero-order valence-corrected chi connectivity index (χ0v) is 19.1. The highest BCUT2D eigenvalue weighted by molar-refractivity contribution is 7.98. The predicted molar refractivity (Wildman–Crippen MR) is 122 cm³/mol. The molecule has 1 aliphatic heterocycles. The normalized spacial score (nSPS) is 13.9. The minimum absolute atomic E-state index is 0.216.